The van der Waals surface area contributed by atoms with Crippen molar-refractivity contribution in [1.29, 1.82) is 0 Å². The maximum atomic E-state index is 11.0. The van der Waals surface area contributed by atoms with E-state index in [-0.39, 0.29) is 5.78 Å². The van der Waals surface area contributed by atoms with Gasteiger partial charge in [0.2, 0.25) is 0 Å². The Labute approximate surface area is 91.5 Å². The maximum Gasteiger partial charge on any atom is 0.181 e. The van der Waals surface area contributed by atoms with Crippen LogP contribution in [0.3, 0.4) is 0 Å². The lowest BCUT2D eigenvalue weighted by molar-refractivity contribution is 0.101. The molecule has 0 N–H and O–H groups in total. The van der Waals surface area contributed by atoms with Crippen molar-refractivity contribution in [3.63, 3.8) is 0 Å². The Morgan fingerprint density at radius 2 is 2.00 bits per heavy atom. The smallest absolute Gasteiger partial charge is 0.181 e. The summed E-state index contributed by atoms with van der Waals surface area (Å²) in [4.78, 5) is 11.0. The number of aromatic nitrogens is 3. The highest BCUT2D eigenvalue weighted by atomic mass is 35.5. The summed E-state index contributed by atoms with van der Waals surface area (Å²) in [6, 6.07) is 7.12. The first-order chi connectivity index (χ1) is 7.16. The Bertz CT molecular complexity index is 490. The highest BCUT2D eigenvalue weighted by molar-refractivity contribution is 6.30. The van der Waals surface area contributed by atoms with Crippen LogP contribution in [0.2, 0.25) is 5.02 Å². The molecule has 0 saturated carbocycles. The monoisotopic (exact) mass is 221 g/mol. The van der Waals surface area contributed by atoms with Gasteiger partial charge < -0.3 is 0 Å². The molecule has 1 aromatic carbocycles. The van der Waals surface area contributed by atoms with Crippen molar-refractivity contribution in [2.75, 3.05) is 0 Å². The van der Waals surface area contributed by atoms with Crippen molar-refractivity contribution in [3.8, 4) is 5.69 Å². The highest BCUT2D eigenvalue weighted by Gasteiger charge is 2.05. The van der Waals surface area contributed by atoms with Crippen molar-refractivity contribution < 1.29 is 4.79 Å². The molecule has 0 aliphatic heterocycles. The fourth-order valence-corrected chi connectivity index (χ4v) is 1.27. The van der Waals surface area contributed by atoms with E-state index in [0.29, 0.717) is 10.7 Å². The molecule has 0 atom stereocenters. The SMILES string of the molecule is CC(=O)c1cn(-c2ccc(Cl)cc2)nn1. The van der Waals surface area contributed by atoms with Crippen LogP contribution in [-0.4, -0.2) is 20.8 Å². The number of hydrogen-bond acceptors (Lipinski definition) is 3. The number of halogens is 1. The number of Topliss-reactive ketones (excluding diaryl/α,β-unsaturated/α-hetero) is 1. The van der Waals surface area contributed by atoms with E-state index in [9.17, 15) is 4.79 Å². The van der Waals surface area contributed by atoms with Crippen molar-refractivity contribution in [1.82, 2.24) is 15.0 Å². The Balaban J connectivity index is 2.37. The van der Waals surface area contributed by atoms with Crippen LogP contribution in [0.1, 0.15) is 17.4 Å². The van der Waals surface area contributed by atoms with Gasteiger partial charge in [0.1, 0.15) is 5.69 Å². The molecule has 1 aromatic heterocycles. The van der Waals surface area contributed by atoms with Crippen molar-refractivity contribution in [3.05, 3.63) is 41.2 Å². The minimum Gasteiger partial charge on any atom is -0.293 e. The largest absolute Gasteiger partial charge is 0.293 e. The van der Waals surface area contributed by atoms with E-state index < -0.39 is 0 Å². The van der Waals surface area contributed by atoms with Gasteiger partial charge in [-0.15, -0.1) is 5.10 Å². The van der Waals surface area contributed by atoms with Gasteiger partial charge in [0, 0.05) is 11.9 Å². The van der Waals surface area contributed by atoms with E-state index in [4.69, 9.17) is 11.6 Å². The molecular formula is C10H8ClN3O. The molecule has 0 saturated heterocycles. The van der Waals surface area contributed by atoms with Gasteiger partial charge in [-0.2, -0.15) is 0 Å². The quantitative estimate of drug-likeness (QED) is 0.730. The van der Waals surface area contributed by atoms with Gasteiger partial charge in [0.15, 0.2) is 5.78 Å². The lowest BCUT2D eigenvalue weighted by Crippen LogP contribution is -1.94. The van der Waals surface area contributed by atoms with E-state index in [1.54, 1.807) is 30.5 Å². The van der Waals surface area contributed by atoms with Gasteiger partial charge in [-0.3, -0.25) is 4.79 Å². The summed E-state index contributed by atoms with van der Waals surface area (Å²) in [5.74, 6) is -0.102. The first kappa shape index (κ1) is 9.86. The number of hydrogen-bond donors (Lipinski definition) is 0. The molecule has 0 spiro atoms. The van der Waals surface area contributed by atoms with Gasteiger partial charge in [-0.1, -0.05) is 16.8 Å². The zero-order chi connectivity index (χ0) is 10.8. The summed E-state index contributed by atoms with van der Waals surface area (Å²) in [7, 11) is 0. The molecular weight excluding hydrogens is 214 g/mol. The van der Waals surface area contributed by atoms with Crippen molar-refractivity contribution in [2.45, 2.75) is 6.92 Å². The summed E-state index contributed by atoms with van der Waals surface area (Å²) in [5.41, 5.74) is 1.17. The van der Waals surface area contributed by atoms with Crippen LogP contribution in [-0.2, 0) is 0 Å². The van der Waals surface area contributed by atoms with Gasteiger partial charge in [0.05, 0.1) is 11.9 Å². The van der Waals surface area contributed by atoms with Crippen LogP contribution in [0.5, 0.6) is 0 Å². The molecule has 1 heterocycles. The number of rotatable bonds is 2. The van der Waals surface area contributed by atoms with Crippen LogP contribution in [0.4, 0.5) is 0 Å². The molecule has 2 aromatic rings. The molecule has 0 aliphatic carbocycles. The lowest BCUT2D eigenvalue weighted by Gasteiger charge is -1.98. The maximum absolute atomic E-state index is 11.0. The summed E-state index contributed by atoms with van der Waals surface area (Å²) in [6.45, 7) is 1.45. The minimum atomic E-state index is -0.102. The Kier molecular flexibility index (Phi) is 2.51. The second kappa shape index (κ2) is 3.82. The summed E-state index contributed by atoms with van der Waals surface area (Å²) in [6.07, 6.45) is 1.59. The second-order valence-corrected chi connectivity index (χ2v) is 3.52. The molecule has 4 nitrogen and oxygen atoms in total. The van der Waals surface area contributed by atoms with Crippen LogP contribution < -0.4 is 0 Å². The van der Waals surface area contributed by atoms with Gasteiger partial charge >= 0.3 is 0 Å². The van der Waals surface area contributed by atoms with Gasteiger partial charge in [-0.25, -0.2) is 4.68 Å². The average molecular weight is 222 g/mol. The number of carbonyl (C=O) groups excluding carboxylic acids is 1. The molecule has 0 unspecified atom stereocenters. The topological polar surface area (TPSA) is 47.8 Å². The first-order valence-electron chi connectivity index (χ1n) is 4.36. The number of carbonyl (C=O) groups is 1. The highest BCUT2D eigenvalue weighted by Crippen LogP contribution is 2.12. The molecule has 76 valence electrons. The molecule has 0 radical (unpaired) electrons. The van der Waals surface area contributed by atoms with Gasteiger partial charge in [0.25, 0.3) is 0 Å². The third-order valence-corrected chi connectivity index (χ3v) is 2.20. The predicted molar refractivity (Wildman–Crippen MR) is 56.4 cm³/mol. The summed E-state index contributed by atoms with van der Waals surface area (Å²) < 4.78 is 1.53. The van der Waals surface area contributed by atoms with E-state index in [1.807, 2.05) is 0 Å². The molecule has 2 rings (SSSR count). The normalized spacial score (nSPS) is 10.3. The summed E-state index contributed by atoms with van der Waals surface area (Å²) >= 11 is 5.76. The number of benzene rings is 1. The standard InChI is InChI=1S/C10H8ClN3O/c1-7(15)10-6-14(13-12-10)9-4-2-8(11)3-5-9/h2-6H,1H3. The molecule has 0 bridgehead atoms. The summed E-state index contributed by atoms with van der Waals surface area (Å²) in [5, 5.41) is 8.24. The zero-order valence-corrected chi connectivity index (χ0v) is 8.77. The second-order valence-electron chi connectivity index (χ2n) is 3.08. The van der Waals surface area contributed by atoms with Crippen LogP contribution in [0, 0.1) is 0 Å². The molecule has 15 heavy (non-hydrogen) atoms. The molecule has 0 aliphatic rings. The van der Waals surface area contributed by atoms with E-state index in [0.717, 1.165) is 5.69 Å². The number of ketones is 1. The van der Waals surface area contributed by atoms with E-state index in [2.05, 4.69) is 10.3 Å². The fourth-order valence-electron chi connectivity index (χ4n) is 1.15. The van der Waals surface area contributed by atoms with Crippen molar-refractivity contribution >= 4 is 17.4 Å². The first-order valence-corrected chi connectivity index (χ1v) is 4.74. The third-order valence-electron chi connectivity index (χ3n) is 1.95. The van der Waals surface area contributed by atoms with E-state index in [1.165, 1.54) is 11.6 Å². The average Bonchev–Trinajstić information content (AvgIpc) is 2.68. The molecule has 0 amide bonds. The Morgan fingerprint density at radius 3 is 2.53 bits per heavy atom. The van der Waals surface area contributed by atoms with Gasteiger partial charge in [-0.05, 0) is 24.3 Å². The zero-order valence-electron chi connectivity index (χ0n) is 8.01. The van der Waals surface area contributed by atoms with Crippen LogP contribution in [0.15, 0.2) is 30.5 Å². The Morgan fingerprint density at radius 1 is 1.33 bits per heavy atom. The lowest BCUT2D eigenvalue weighted by atomic mass is 10.3. The van der Waals surface area contributed by atoms with Crippen LogP contribution >= 0.6 is 11.6 Å². The third kappa shape index (κ3) is 2.05. The predicted octanol–water partition coefficient (Wildman–Crippen LogP) is 2.12. The van der Waals surface area contributed by atoms with Crippen molar-refractivity contribution in [2.24, 2.45) is 0 Å². The fraction of sp³-hybridized carbons (Fsp3) is 0.100. The van der Waals surface area contributed by atoms with E-state index >= 15 is 0 Å². The molecule has 0 fully saturated rings. The number of nitrogens with zero attached hydrogens (tertiary/aromatic N) is 3. The van der Waals surface area contributed by atoms with Crippen LogP contribution in [0.25, 0.3) is 5.69 Å². The molecule has 5 heteroatoms. The Hall–Kier alpha value is -1.68. The minimum absolute atomic E-state index is 0.102.